The average Bonchev–Trinajstić information content (AvgIpc) is 2.88. The molecule has 27 heavy (non-hydrogen) atoms. The molecule has 4 nitrogen and oxygen atoms in total. The standard InChI is InChI=1S/C21H18Cl2N4/c1-14-11-17(26-9-5-3-4-6-10-26)13-20-21(14)24-25-27(20)15(2)18-8-7-16(22)12-19(18)23/h3-13,15H,1-2H3/t15-/m1/s1. The third-order valence-corrected chi connectivity index (χ3v) is 5.22. The molecule has 1 aliphatic heterocycles. The minimum Gasteiger partial charge on any atom is -0.324 e. The molecule has 0 radical (unpaired) electrons. The molecule has 2 aromatic carbocycles. The van der Waals surface area contributed by atoms with Gasteiger partial charge in [0, 0.05) is 28.1 Å². The zero-order valence-electron chi connectivity index (χ0n) is 15.0. The highest BCUT2D eigenvalue weighted by Gasteiger charge is 2.18. The summed E-state index contributed by atoms with van der Waals surface area (Å²) in [5, 5.41) is 10.0. The summed E-state index contributed by atoms with van der Waals surface area (Å²) in [5.74, 6) is 0. The van der Waals surface area contributed by atoms with E-state index in [0.717, 1.165) is 27.8 Å². The van der Waals surface area contributed by atoms with Crippen molar-refractivity contribution < 1.29 is 0 Å². The third-order valence-electron chi connectivity index (χ3n) is 4.66. The highest BCUT2D eigenvalue weighted by molar-refractivity contribution is 6.35. The first-order valence-corrected chi connectivity index (χ1v) is 9.40. The van der Waals surface area contributed by atoms with Gasteiger partial charge in [0.15, 0.2) is 0 Å². The van der Waals surface area contributed by atoms with E-state index in [1.165, 1.54) is 0 Å². The number of aromatic nitrogens is 3. The maximum atomic E-state index is 6.42. The predicted octanol–water partition coefficient (Wildman–Crippen LogP) is 6.06. The molecule has 1 aromatic heterocycles. The van der Waals surface area contributed by atoms with Gasteiger partial charge < -0.3 is 4.90 Å². The predicted molar refractivity (Wildman–Crippen MR) is 112 cm³/mol. The van der Waals surface area contributed by atoms with E-state index in [-0.39, 0.29) is 6.04 Å². The Morgan fingerprint density at radius 2 is 1.70 bits per heavy atom. The van der Waals surface area contributed by atoms with Gasteiger partial charge in [-0.25, -0.2) is 4.68 Å². The van der Waals surface area contributed by atoms with Crippen LogP contribution in [0.25, 0.3) is 11.0 Å². The summed E-state index contributed by atoms with van der Waals surface area (Å²) in [6, 6.07) is 9.67. The molecule has 0 N–H and O–H groups in total. The third kappa shape index (κ3) is 3.38. The van der Waals surface area contributed by atoms with Gasteiger partial charge in [0.05, 0.1) is 11.6 Å². The Bertz CT molecular complexity index is 1080. The van der Waals surface area contributed by atoms with Crippen molar-refractivity contribution in [3.05, 3.63) is 88.2 Å². The van der Waals surface area contributed by atoms with E-state index in [1.807, 2.05) is 60.4 Å². The Hall–Kier alpha value is -2.56. The van der Waals surface area contributed by atoms with Gasteiger partial charge in [0.25, 0.3) is 0 Å². The molecule has 3 aromatic rings. The second-order valence-electron chi connectivity index (χ2n) is 6.48. The highest BCUT2D eigenvalue weighted by Crippen LogP contribution is 2.32. The number of fused-ring (bicyclic) bond motifs is 1. The SMILES string of the molecule is Cc1cc(N2C=CC=CC=C2)cc2c1nnn2[C@H](C)c1ccc(Cl)cc1Cl. The molecule has 0 amide bonds. The van der Waals surface area contributed by atoms with Gasteiger partial charge in [0.2, 0.25) is 0 Å². The van der Waals surface area contributed by atoms with Crippen molar-refractivity contribution in [3.8, 4) is 0 Å². The molecular weight excluding hydrogens is 379 g/mol. The van der Waals surface area contributed by atoms with Crippen LogP contribution in [0.3, 0.4) is 0 Å². The van der Waals surface area contributed by atoms with Crippen molar-refractivity contribution in [1.82, 2.24) is 15.0 Å². The minimum atomic E-state index is -0.0775. The fourth-order valence-corrected chi connectivity index (χ4v) is 3.80. The molecule has 0 fully saturated rings. The second kappa shape index (κ2) is 7.22. The van der Waals surface area contributed by atoms with Crippen LogP contribution in [0.2, 0.25) is 10.0 Å². The maximum absolute atomic E-state index is 6.42. The molecule has 0 unspecified atom stereocenters. The summed E-state index contributed by atoms with van der Waals surface area (Å²) in [7, 11) is 0. The fraction of sp³-hybridized carbons (Fsp3) is 0.143. The molecule has 4 rings (SSSR count). The van der Waals surface area contributed by atoms with E-state index in [2.05, 4.69) is 34.3 Å². The molecule has 0 saturated heterocycles. The van der Waals surface area contributed by atoms with Crippen LogP contribution in [0.1, 0.15) is 24.1 Å². The quantitative estimate of drug-likeness (QED) is 0.539. The Morgan fingerprint density at radius 1 is 0.963 bits per heavy atom. The van der Waals surface area contributed by atoms with Crippen LogP contribution in [0.4, 0.5) is 5.69 Å². The lowest BCUT2D eigenvalue weighted by Gasteiger charge is -2.18. The number of nitrogens with zero attached hydrogens (tertiary/aromatic N) is 4. The molecule has 0 bridgehead atoms. The summed E-state index contributed by atoms with van der Waals surface area (Å²) in [5.41, 5.74) is 4.92. The normalized spacial score (nSPS) is 14.7. The van der Waals surface area contributed by atoms with Crippen LogP contribution in [-0.4, -0.2) is 15.0 Å². The van der Waals surface area contributed by atoms with Crippen molar-refractivity contribution in [2.24, 2.45) is 0 Å². The molecule has 0 saturated carbocycles. The lowest BCUT2D eigenvalue weighted by molar-refractivity contribution is 0.560. The Balaban J connectivity index is 1.82. The highest BCUT2D eigenvalue weighted by atomic mass is 35.5. The lowest BCUT2D eigenvalue weighted by atomic mass is 10.1. The first-order valence-electron chi connectivity index (χ1n) is 8.65. The number of allylic oxidation sites excluding steroid dienone is 4. The van der Waals surface area contributed by atoms with Crippen molar-refractivity contribution in [1.29, 1.82) is 0 Å². The van der Waals surface area contributed by atoms with Crippen molar-refractivity contribution in [3.63, 3.8) is 0 Å². The Labute approximate surface area is 168 Å². The first kappa shape index (κ1) is 17.8. The van der Waals surface area contributed by atoms with Crippen molar-refractivity contribution in [2.75, 3.05) is 4.90 Å². The minimum absolute atomic E-state index is 0.0775. The number of anilines is 1. The molecular formula is C21H18Cl2N4. The average molecular weight is 397 g/mol. The van der Waals surface area contributed by atoms with Crippen LogP contribution in [-0.2, 0) is 0 Å². The van der Waals surface area contributed by atoms with E-state index in [9.17, 15) is 0 Å². The van der Waals surface area contributed by atoms with Crippen LogP contribution < -0.4 is 4.90 Å². The number of aryl methyl sites for hydroxylation is 1. The van der Waals surface area contributed by atoms with Crippen molar-refractivity contribution >= 4 is 39.9 Å². The molecule has 1 aliphatic rings. The molecule has 136 valence electrons. The zero-order valence-corrected chi connectivity index (χ0v) is 16.5. The van der Waals surface area contributed by atoms with Crippen LogP contribution in [0, 0.1) is 6.92 Å². The van der Waals surface area contributed by atoms with E-state index in [4.69, 9.17) is 23.2 Å². The van der Waals surface area contributed by atoms with Crippen LogP contribution in [0.15, 0.2) is 67.0 Å². The van der Waals surface area contributed by atoms with Gasteiger partial charge in [-0.05, 0) is 61.4 Å². The smallest absolute Gasteiger partial charge is 0.116 e. The summed E-state index contributed by atoms with van der Waals surface area (Å²) in [4.78, 5) is 2.07. The Kier molecular flexibility index (Phi) is 4.77. The molecule has 0 spiro atoms. The van der Waals surface area contributed by atoms with E-state index in [0.29, 0.717) is 10.0 Å². The lowest BCUT2D eigenvalue weighted by Crippen LogP contribution is -2.10. The maximum Gasteiger partial charge on any atom is 0.116 e. The van der Waals surface area contributed by atoms with Gasteiger partial charge in [0.1, 0.15) is 5.52 Å². The summed E-state index contributed by atoms with van der Waals surface area (Å²) < 4.78 is 1.91. The van der Waals surface area contributed by atoms with Gasteiger partial charge in [-0.3, -0.25) is 0 Å². The first-order chi connectivity index (χ1) is 13.0. The van der Waals surface area contributed by atoms with E-state index >= 15 is 0 Å². The number of benzene rings is 2. The van der Waals surface area contributed by atoms with Gasteiger partial charge in [-0.2, -0.15) is 0 Å². The van der Waals surface area contributed by atoms with Crippen LogP contribution in [0.5, 0.6) is 0 Å². The fourth-order valence-electron chi connectivity index (χ4n) is 3.23. The van der Waals surface area contributed by atoms with Crippen molar-refractivity contribution in [2.45, 2.75) is 19.9 Å². The molecule has 1 atom stereocenters. The van der Waals surface area contributed by atoms with Gasteiger partial charge in [-0.15, -0.1) is 5.10 Å². The Morgan fingerprint density at radius 3 is 2.41 bits per heavy atom. The number of hydrogen-bond acceptors (Lipinski definition) is 3. The summed E-state index contributed by atoms with van der Waals surface area (Å²) in [6.45, 7) is 4.11. The largest absolute Gasteiger partial charge is 0.324 e. The number of hydrogen-bond donors (Lipinski definition) is 0. The molecule has 0 aliphatic carbocycles. The van der Waals surface area contributed by atoms with Gasteiger partial charge >= 0.3 is 0 Å². The topological polar surface area (TPSA) is 34.0 Å². The van der Waals surface area contributed by atoms with E-state index in [1.54, 1.807) is 6.07 Å². The monoisotopic (exact) mass is 396 g/mol. The van der Waals surface area contributed by atoms with Gasteiger partial charge in [-0.1, -0.05) is 46.6 Å². The van der Waals surface area contributed by atoms with Crippen LogP contribution >= 0.6 is 23.2 Å². The number of rotatable bonds is 3. The zero-order chi connectivity index (χ0) is 19.0. The summed E-state index contributed by atoms with van der Waals surface area (Å²) >= 11 is 12.5. The van der Waals surface area contributed by atoms with E-state index < -0.39 is 0 Å². The number of halogens is 2. The molecule has 2 heterocycles. The molecule has 6 heteroatoms. The second-order valence-corrected chi connectivity index (χ2v) is 7.33. The summed E-state index contributed by atoms with van der Waals surface area (Å²) in [6.07, 6.45) is 12.1.